The van der Waals surface area contributed by atoms with E-state index in [4.69, 9.17) is 9.47 Å². The highest BCUT2D eigenvalue weighted by Crippen LogP contribution is 2.35. The first-order chi connectivity index (χ1) is 13.2. The molecule has 2 rings (SSSR count). The zero-order chi connectivity index (χ0) is 21.0. The van der Waals surface area contributed by atoms with E-state index >= 15 is 0 Å². The van der Waals surface area contributed by atoms with Crippen LogP contribution in [0.2, 0.25) is 0 Å². The predicted octanol–water partition coefficient (Wildman–Crippen LogP) is 2.32. The molecule has 0 aliphatic carbocycles. The van der Waals surface area contributed by atoms with Crippen LogP contribution in [-0.2, 0) is 14.3 Å². The second-order valence-corrected chi connectivity index (χ2v) is 6.61. The average Bonchev–Trinajstić information content (AvgIpc) is 3.26. The molecule has 0 radical (unpaired) electrons. The Morgan fingerprint density at radius 1 is 1.32 bits per heavy atom. The summed E-state index contributed by atoms with van der Waals surface area (Å²) in [6.07, 6.45) is 2.47. The van der Waals surface area contributed by atoms with Gasteiger partial charge in [-0.25, -0.2) is 9.59 Å². The number of anilines is 1. The van der Waals surface area contributed by atoms with Crippen LogP contribution in [0.5, 0.6) is 0 Å². The van der Waals surface area contributed by atoms with E-state index in [1.54, 1.807) is 13.8 Å². The molecule has 28 heavy (non-hydrogen) atoms. The van der Waals surface area contributed by atoms with Gasteiger partial charge in [0.05, 0.1) is 24.7 Å². The third kappa shape index (κ3) is 4.01. The minimum Gasteiger partial charge on any atom is -0.465 e. The van der Waals surface area contributed by atoms with Gasteiger partial charge in [-0.2, -0.15) is 5.10 Å². The maximum atomic E-state index is 12.7. The molecule has 1 amide bonds. The summed E-state index contributed by atoms with van der Waals surface area (Å²) in [7, 11) is 2.38. The van der Waals surface area contributed by atoms with Crippen LogP contribution in [-0.4, -0.2) is 46.8 Å². The van der Waals surface area contributed by atoms with Crippen LogP contribution in [0.15, 0.2) is 12.4 Å². The van der Waals surface area contributed by atoms with E-state index < -0.39 is 28.8 Å². The lowest BCUT2D eigenvalue weighted by molar-refractivity contribution is -0.385. The van der Waals surface area contributed by atoms with Crippen LogP contribution in [0.25, 0.3) is 0 Å². The Hall–Kier alpha value is -3.28. The molecule has 1 unspecified atom stereocenters. The zero-order valence-corrected chi connectivity index (χ0v) is 16.4. The van der Waals surface area contributed by atoms with Crippen molar-refractivity contribution in [2.24, 2.45) is 0 Å². The molecule has 1 atom stereocenters. The summed E-state index contributed by atoms with van der Waals surface area (Å²) in [5, 5.41) is 17.4. The lowest BCUT2D eigenvalue weighted by Crippen LogP contribution is -2.26. The fourth-order valence-corrected chi connectivity index (χ4v) is 3.63. The minimum absolute atomic E-state index is 0.0440. The van der Waals surface area contributed by atoms with E-state index in [0.717, 1.165) is 23.7 Å². The van der Waals surface area contributed by atoms with Gasteiger partial charge in [0.2, 0.25) is 5.91 Å². The largest absolute Gasteiger partial charge is 0.465 e. The van der Waals surface area contributed by atoms with Crippen molar-refractivity contribution in [2.45, 2.75) is 26.3 Å². The number of amides is 1. The quantitative estimate of drug-likeness (QED) is 0.416. The Kier molecular flexibility index (Phi) is 6.46. The number of esters is 2. The van der Waals surface area contributed by atoms with E-state index in [1.165, 1.54) is 18.9 Å². The number of nitrogens with zero attached hydrogens (tertiary/aromatic N) is 3. The number of nitrogens with one attached hydrogen (secondary N) is 1. The van der Waals surface area contributed by atoms with Crippen molar-refractivity contribution >= 4 is 39.9 Å². The Morgan fingerprint density at radius 3 is 2.46 bits per heavy atom. The number of methoxy groups -OCH3 is 2. The summed E-state index contributed by atoms with van der Waals surface area (Å²) in [4.78, 5) is 47.2. The van der Waals surface area contributed by atoms with E-state index in [0.29, 0.717) is 5.56 Å². The molecule has 0 spiro atoms. The minimum atomic E-state index is -0.858. The van der Waals surface area contributed by atoms with Gasteiger partial charge in [-0.05, 0) is 18.9 Å². The van der Waals surface area contributed by atoms with E-state index in [-0.39, 0.29) is 27.5 Å². The van der Waals surface area contributed by atoms with Crippen molar-refractivity contribution < 1.29 is 28.8 Å². The molecule has 0 aliphatic heterocycles. The molecule has 1 N–H and O–H groups in total. The van der Waals surface area contributed by atoms with Gasteiger partial charge in [0.1, 0.15) is 28.3 Å². The highest BCUT2D eigenvalue weighted by molar-refractivity contribution is 7.18. The molecule has 0 aromatic carbocycles. The van der Waals surface area contributed by atoms with Crippen LogP contribution in [0.1, 0.15) is 45.0 Å². The van der Waals surface area contributed by atoms with E-state index in [2.05, 4.69) is 10.4 Å². The molecule has 0 saturated heterocycles. The van der Waals surface area contributed by atoms with Gasteiger partial charge in [0.15, 0.2) is 0 Å². The molecule has 2 heterocycles. The number of thiophene rings is 1. The summed E-state index contributed by atoms with van der Waals surface area (Å²) >= 11 is 0.879. The Labute approximate surface area is 163 Å². The number of nitro groups is 1. The predicted molar refractivity (Wildman–Crippen MR) is 98.6 cm³/mol. The smallest absolute Gasteiger partial charge is 0.348 e. The molecular formula is C16H18N4O7S. The van der Waals surface area contributed by atoms with Gasteiger partial charge >= 0.3 is 17.6 Å². The van der Waals surface area contributed by atoms with Crippen LogP contribution in [0, 0.1) is 17.0 Å². The average molecular weight is 410 g/mol. The number of aromatic nitrogens is 2. The van der Waals surface area contributed by atoms with Gasteiger partial charge in [-0.3, -0.25) is 19.6 Å². The second-order valence-electron chi connectivity index (χ2n) is 5.59. The molecule has 12 heteroatoms. The third-order valence-electron chi connectivity index (χ3n) is 3.95. The van der Waals surface area contributed by atoms with Crippen molar-refractivity contribution in [1.29, 1.82) is 0 Å². The van der Waals surface area contributed by atoms with Crippen molar-refractivity contribution in [3.63, 3.8) is 0 Å². The summed E-state index contributed by atoms with van der Waals surface area (Å²) in [6.45, 7) is 3.25. The monoisotopic (exact) mass is 410 g/mol. The zero-order valence-electron chi connectivity index (χ0n) is 15.5. The SMILES string of the molecule is CCC(C(=O)Nc1sc(C(=O)OC)c(C)c1C(=O)OC)n1cc([N+](=O)[O-])cn1. The van der Waals surface area contributed by atoms with E-state index in [9.17, 15) is 24.5 Å². The second kappa shape index (κ2) is 8.61. The van der Waals surface area contributed by atoms with Gasteiger partial charge < -0.3 is 14.8 Å². The molecule has 0 bridgehead atoms. The summed E-state index contributed by atoms with van der Waals surface area (Å²) in [5.41, 5.74) is 0.116. The standard InChI is InChI=1S/C16H18N4O7S/c1-5-10(19-7-9(6-17-19)20(24)25)13(21)18-14-11(15(22)26-3)8(2)12(28-14)16(23)27-4/h6-7,10H,5H2,1-4H3,(H,18,21). The first-order valence-corrected chi connectivity index (χ1v) is 8.86. The highest BCUT2D eigenvalue weighted by Gasteiger charge is 2.29. The lowest BCUT2D eigenvalue weighted by Gasteiger charge is -2.15. The fraction of sp³-hybridized carbons (Fsp3) is 0.375. The number of rotatable bonds is 7. The van der Waals surface area contributed by atoms with Crippen LogP contribution in [0.3, 0.4) is 0 Å². The Balaban J connectivity index is 2.38. The maximum absolute atomic E-state index is 12.7. The molecule has 2 aromatic heterocycles. The Bertz CT molecular complexity index is 934. The number of carbonyl (C=O) groups is 3. The summed E-state index contributed by atoms with van der Waals surface area (Å²) in [6, 6.07) is -0.858. The van der Waals surface area contributed by atoms with Gasteiger partial charge in [-0.15, -0.1) is 11.3 Å². The number of ether oxygens (including phenoxy) is 2. The van der Waals surface area contributed by atoms with Crippen LogP contribution in [0.4, 0.5) is 10.7 Å². The first-order valence-electron chi connectivity index (χ1n) is 8.04. The van der Waals surface area contributed by atoms with Crippen molar-refractivity contribution in [3.05, 3.63) is 38.5 Å². The van der Waals surface area contributed by atoms with Crippen molar-refractivity contribution in [3.8, 4) is 0 Å². The normalized spacial score (nSPS) is 11.6. The van der Waals surface area contributed by atoms with Crippen molar-refractivity contribution in [2.75, 3.05) is 19.5 Å². The topological polar surface area (TPSA) is 143 Å². The molecular weight excluding hydrogens is 392 g/mol. The van der Waals surface area contributed by atoms with Gasteiger partial charge in [0.25, 0.3) is 0 Å². The van der Waals surface area contributed by atoms with E-state index in [1.807, 2.05) is 0 Å². The molecule has 150 valence electrons. The third-order valence-corrected chi connectivity index (χ3v) is 5.14. The molecule has 2 aromatic rings. The summed E-state index contributed by atoms with van der Waals surface area (Å²) in [5.74, 6) is -1.92. The van der Waals surface area contributed by atoms with Crippen LogP contribution < -0.4 is 5.32 Å². The number of hydrogen-bond donors (Lipinski definition) is 1. The maximum Gasteiger partial charge on any atom is 0.348 e. The highest BCUT2D eigenvalue weighted by atomic mass is 32.1. The molecule has 0 fully saturated rings. The Morgan fingerprint density at radius 2 is 1.96 bits per heavy atom. The summed E-state index contributed by atoms with van der Waals surface area (Å²) < 4.78 is 10.6. The van der Waals surface area contributed by atoms with Crippen LogP contribution >= 0.6 is 11.3 Å². The first kappa shape index (κ1) is 21.0. The number of carbonyl (C=O) groups excluding carboxylic acids is 3. The molecule has 0 saturated carbocycles. The van der Waals surface area contributed by atoms with Crippen molar-refractivity contribution in [1.82, 2.24) is 9.78 Å². The van der Waals surface area contributed by atoms with Gasteiger partial charge in [0, 0.05) is 0 Å². The number of hydrogen-bond acceptors (Lipinski definition) is 9. The fourth-order valence-electron chi connectivity index (χ4n) is 2.52. The lowest BCUT2D eigenvalue weighted by atomic mass is 10.1. The molecule has 0 aliphatic rings. The van der Waals surface area contributed by atoms with Gasteiger partial charge in [-0.1, -0.05) is 6.92 Å². The molecule has 11 nitrogen and oxygen atoms in total.